The number of benzene rings is 2. The van der Waals surface area contributed by atoms with Crippen LogP contribution >= 0.6 is 11.6 Å². The normalized spacial score (nSPS) is 9.15. The molecule has 0 saturated carbocycles. The molecule has 2 aromatic carbocycles. The fraction of sp³-hybridized carbons (Fsp3) is 0. The molecule has 20 heavy (non-hydrogen) atoms. The minimum atomic E-state index is 0.0661. The zero-order valence-electron chi connectivity index (χ0n) is 10.4. The van der Waals surface area contributed by atoms with Gasteiger partial charge < -0.3 is 4.74 Å². The number of nitrogens with zero attached hydrogens (tertiary/aromatic N) is 2. The third-order valence-corrected chi connectivity index (χ3v) is 2.73. The van der Waals surface area contributed by atoms with Gasteiger partial charge in [0.25, 0.3) is 0 Å². The van der Waals surface area contributed by atoms with E-state index < -0.39 is 0 Å². The Kier molecular flexibility index (Phi) is 4.39. The summed E-state index contributed by atoms with van der Waals surface area (Å²) in [6.07, 6.45) is 1.52. The SMILES string of the molecule is N#CC(C#N)=Cc1ccc(Oc2ccc(Cl)cc2)cc1. The van der Waals surface area contributed by atoms with E-state index in [9.17, 15) is 0 Å². The number of allylic oxidation sites excluding steroid dienone is 1. The molecule has 4 heteroatoms. The average molecular weight is 281 g/mol. The van der Waals surface area contributed by atoms with Crippen molar-refractivity contribution >= 4 is 17.7 Å². The summed E-state index contributed by atoms with van der Waals surface area (Å²) in [6, 6.07) is 17.8. The average Bonchev–Trinajstić information content (AvgIpc) is 2.49. The Hall–Kier alpha value is -2.75. The molecule has 0 radical (unpaired) electrons. The molecule has 0 heterocycles. The molecule has 0 aliphatic rings. The van der Waals surface area contributed by atoms with Crippen molar-refractivity contribution in [2.75, 3.05) is 0 Å². The van der Waals surface area contributed by atoms with Crippen LogP contribution in [0.5, 0.6) is 11.5 Å². The molecule has 2 aromatic rings. The van der Waals surface area contributed by atoms with Crippen LogP contribution in [0.3, 0.4) is 0 Å². The molecular formula is C16H9ClN2O. The Balaban J connectivity index is 2.13. The summed E-state index contributed by atoms with van der Waals surface area (Å²) < 4.78 is 5.64. The van der Waals surface area contributed by atoms with Gasteiger partial charge in [0.05, 0.1) is 0 Å². The minimum absolute atomic E-state index is 0.0661. The molecule has 0 N–H and O–H groups in total. The highest BCUT2D eigenvalue weighted by Crippen LogP contribution is 2.23. The summed E-state index contributed by atoms with van der Waals surface area (Å²) in [5.74, 6) is 1.35. The van der Waals surface area contributed by atoms with Gasteiger partial charge in [0.1, 0.15) is 29.2 Å². The number of rotatable bonds is 3. The van der Waals surface area contributed by atoms with Crippen LogP contribution in [0, 0.1) is 22.7 Å². The second-order valence-electron chi connectivity index (χ2n) is 3.91. The Labute approximate surface area is 121 Å². The fourth-order valence-corrected chi connectivity index (χ4v) is 1.65. The van der Waals surface area contributed by atoms with Crippen LogP contribution in [-0.2, 0) is 0 Å². The van der Waals surface area contributed by atoms with Crippen LogP contribution in [-0.4, -0.2) is 0 Å². The largest absolute Gasteiger partial charge is 0.457 e. The maximum atomic E-state index is 8.68. The van der Waals surface area contributed by atoms with Gasteiger partial charge in [-0.3, -0.25) is 0 Å². The highest BCUT2D eigenvalue weighted by molar-refractivity contribution is 6.30. The van der Waals surface area contributed by atoms with Crippen LogP contribution in [0.25, 0.3) is 6.08 Å². The predicted molar refractivity (Wildman–Crippen MR) is 77.2 cm³/mol. The molecule has 96 valence electrons. The van der Waals surface area contributed by atoms with Crippen LogP contribution < -0.4 is 4.74 Å². The predicted octanol–water partition coefficient (Wildman–Crippen LogP) is 4.56. The van der Waals surface area contributed by atoms with E-state index in [1.807, 2.05) is 12.1 Å². The summed E-state index contributed by atoms with van der Waals surface area (Å²) in [5.41, 5.74) is 0.836. The summed E-state index contributed by atoms with van der Waals surface area (Å²) in [7, 11) is 0. The third-order valence-electron chi connectivity index (χ3n) is 2.48. The van der Waals surface area contributed by atoms with Crippen LogP contribution in [0.2, 0.25) is 5.02 Å². The molecule has 0 aliphatic carbocycles. The van der Waals surface area contributed by atoms with E-state index >= 15 is 0 Å². The third kappa shape index (κ3) is 3.62. The van der Waals surface area contributed by atoms with Gasteiger partial charge in [0.15, 0.2) is 0 Å². The van der Waals surface area contributed by atoms with E-state index in [1.165, 1.54) is 6.08 Å². The lowest BCUT2D eigenvalue weighted by Gasteiger charge is -2.05. The molecule has 0 unspecified atom stereocenters. The number of ether oxygens (including phenoxy) is 1. The highest BCUT2D eigenvalue weighted by Gasteiger charge is 1.98. The molecule has 0 saturated heterocycles. The lowest BCUT2D eigenvalue weighted by molar-refractivity contribution is 0.482. The maximum Gasteiger partial charge on any atom is 0.130 e. The quantitative estimate of drug-likeness (QED) is 0.774. The maximum absolute atomic E-state index is 8.68. The topological polar surface area (TPSA) is 56.8 Å². The summed E-state index contributed by atoms with van der Waals surface area (Å²) >= 11 is 5.80. The van der Waals surface area contributed by atoms with Crippen molar-refractivity contribution in [3.8, 4) is 23.6 Å². The van der Waals surface area contributed by atoms with Crippen molar-refractivity contribution in [1.29, 1.82) is 10.5 Å². The molecule has 0 atom stereocenters. The van der Waals surface area contributed by atoms with Crippen molar-refractivity contribution in [2.45, 2.75) is 0 Å². The van der Waals surface area contributed by atoms with Crippen molar-refractivity contribution < 1.29 is 4.74 Å². The summed E-state index contributed by atoms with van der Waals surface area (Å²) in [5, 5.41) is 18.0. The zero-order chi connectivity index (χ0) is 14.4. The van der Waals surface area contributed by atoms with E-state index in [2.05, 4.69) is 0 Å². The van der Waals surface area contributed by atoms with E-state index in [1.54, 1.807) is 48.5 Å². The minimum Gasteiger partial charge on any atom is -0.457 e. The second kappa shape index (κ2) is 6.43. The molecular weight excluding hydrogens is 272 g/mol. The molecule has 2 rings (SSSR count). The first-order valence-corrected chi connectivity index (χ1v) is 6.14. The fourth-order valence-electron chi connectivity index (χ4n) is 1.53. The van der Waals surface area contributed by atoms with Gasteiger partial charge >= 0.3 is 0 Å². The Morgan fingerprint density at radius 2 is 1.40 bits per heavy atom. The van der Waals surface area contributed by atoms with E-state index in [0.29, 0.717) is 16.5 Å². The van der Waals surface area contributed by atoms with E-state index in [0.717, 1.165) is 5.56 Å². The van der Waals surface area contributed by atoms with Crippen molar-refractivity contribution in [3.63, 3.8) is 0 Å². The molecule has 0 aliphatic heterocycles. The van der Waals surface area contributed by atoms with Gasteiger partial charge in [-0.15, -0.1) is 0 Å². The number of hydrogen-bond donors (Lipinski definition) is 0. The van der Waals surface area contributed by atoms with Gasteiger partial charge in [-0.2, -0.15) is 10.5 Å². The van der Waals surface area contributed by atoms with Crippen molar-refractivity contribution in [1.82, 2.24) is 0 Å². The first-order valence-electron chi connectivity index (χ1n) is 5.76. The van der Waals surface area contributed by atoms with Gasteiger partial charge in [-0.05, 0) is 48.0 Å². The van der Waals surface area contributed by atoms with Gasteiger partial charge in [-0.25, -0.2) is 0 Å². The monoisotopic (exact) mass is 280 g/mol. The van der Waals surface area contributed by atoms with Gasteiger partial charge in [-0.1, -0.05) is 23.7 Å². The summed E-state index contributed by atoms with van der Waals surface area (Å²) in [4.78, 5) is 0. The Bertz CT molecular complexity index is 688. The molecule has 0 fully saturated rings. The Morgan fingerprint density at radius 3 is 1.90 bits per heavy atom. The number of nitriles is 2. The first kappa shape index (κ1) is 13.7. The Morgan fingerprint density at radius 1 is 0.900 bits per heavy atom. The van der Waals surface area contributed by atoms with Crippen molar-refractivity contribution in [3.05, 3.63) is 64.7 Å². The van der Waals surface area contributed by atoms with Gasteiger partial charge in [0.2, 0.25) is 0 Å². The molecule has 0 spiro atoms. The van der Waals surface area contributed by atoms with Gasteiger partial charge in [0, 0.05) is 5.02 Å². The van der Waals surface area contributed by atoms with E-state index in [4.69, 9.17) is 26.9 Å². The first-order chi connectivity index (χ1) is 9.71. The lowest BCUT2D eigenvalue weighted by Crippen LogP contribution is -1.84. The van der Waals surface area contributed by atoms with Crippen molar-refractivity contribution in [2.24, 2.45) is 0 Å². The number of hydrogen-bond acceptors (Lipinski definition) is 3. The summed E-state index contributed by atoms with van der Waals surface area (Å²) in [6.45, 7) is 0. The smallest absolute Gasteiger partial charge is 0.130 e. The lowest BCUT2D eigenvalue weighted by atomic mass is 10.1. The molecule has 0 bridgehead atoms. The standard InChI is InChI=1S/C16H9ClN2O/c17-14-3-7-16(8-4-14)20-15-5-1-12(2-6-15)9-13(10-18)11-19/h1-9H. The van der Waals surface area contributed by atoms with E-state index in [-0.39, 0.29) is 5.57 Å². The number of halogens is 1. The van der Waals surface area contributed by atoms with Crippen LogP contribution in [0.4, 0.5) is 0 Å². The highest BCUT2D eigenvalue weighted by atomic mass is 35.5. The second-order valence-corrected chi connectivity index (χ2v) is 4.34. The molecule has 0 amide bonds. The zero-order valence-corrected chi connectivity index (χ0v) is 11.1. The molecule has 0 aromatic heterocycles. The molecule has 3 nitrogen and oxygen atoms in total. The van der Waals surface area contributed by atoms with Crippen LogP contribution in [0.15, 0.2) is 54.1 Å². The van der Waals surface area contributed by atoms with Crippen LogP contribution in [0.1, 0.15) is 5.56 Å².